The number of carbonyl (C=O) groups excluding carboxylic acids is 1. The first-order valence-corrected chi connectivity index (χ1v) is 5.63. The minimum Gasteiger partial charge on any atom is -0.370 e. The monoisotopic (exact) mass is 237 g/mol. The Morgan fingerprint density at radius 3 is 2.94 bits per heavy atom. The highest BCUT2D eigenvalue weighted by molar-refractivity contribution is 5.90. The fourth-order valence-corrected chi connectivity index (χ4v) is 2.13. The first-order chi connectivity index (χ1) is 8.16. The van der Waals surface area contributed by atoms with Gasteiger partial charge in [-0.25, -0.2) is 4.39 Å². The first-order valence-electron chi connectivity index (χ1n) is 5.63. The molecule has 1 amide bonds. The van der Waals surface area contributed by atoms with Crippen molar-refractivity contribution in [1.29, 1.82) is 0 Å². The van der Waals surface area contributed by atoms with E-state index in [0.29, 0.717) is 18.7 Å². The summed E-state index contributed by atoms with van der Waals surface area (Å²) < 4.78 is 13.1. The molecule has 1 unspecified atom stereocenters. The van der Waals surface area contributed by atoms with E-state index in [2.05, 4.69) is 16.0 Å². The average Bonchev–Trinajstić information content (AvgIpc) is 2.78. The summed E-state index contributed by atoms with van der Waals surface area (Å²) in [6.07, 6.45) is 0.684. The van der Waals surface area contributed by atoms with Gasteiger partial charge in [0, 0.05) is 19.3 Å². The molecule has 0 aromatic heterocycles. The molecule has 1 aromatic carbocycles. The number of anilines is 1. The summed E-state index contributed by atoms with van der Waals surface area (Å²) in [5.41, 5.74) is -0.0555. The van der Waals surface area contributed by atoms with Crippen LogP contribution in [0.1, 0.15) is 6.42 Å². The number of halogens is 1. The zero-order valence-corrected chi connectivity index (χ0v) is 9.72. The van der Waals surface area contributed by atoms with E-state index < -0.39 is 5.54 Å². The molecular formula is C12H16FN3O. The molecule has 0 spiro atoms. The Morgan fingerprint density at radius 2 is 2.35 bits per heavy atom. The highest BCUT2D eigenvalue weighted by atomic mass is 19.1. The molecule has 0 radical (unpaired) electrons. The van der Waals surface area contributed by atoms with Crippen molar-refractivity contribution in [3.63, 3.8) is 0 Å². The molecule has 1 aromatic rings. The van der Waals surface area contributed by atoms with Crippen LogP contribution in [0.4, 0.5) is 10.1 Å². The van der Waals surface area contributed by atoms with Crippen molar-refractivity contribution in [2.75, 3.05) is 25.5 Å². The standard InChI is InChI=1S/C12H16FN3O/c1-14-11(17)12(5-6-15-8-12)16-10-4-2-3-9(13)7-10/h2-4,7,15-16H,5-6,8H2,1H3,(H,14,17). The molecular weight excluding hydrogens is 221 g/mol. The highest BCUT2D eigenvalue weighted by Crippen LogP contribution is 2.22. The molecule has 0 aliphatic carbocycles. The van der Waals surface area contributed by atoms with Crippen LogP contribution in [-0.2, 0) is 4.79 Å². The van der Waals surface area contributed by atoms with Crippen LogP contribution in [0.3, 0.4) is 0 Å². The molecule has 5 heteroatoms. The van der Waals surface area contributed by atoms with Crippen LogP contribution < -0.4 is 16.0 Å². The van der Waals surface area contributed by atoms with Crippen molar-refractivity contribution in [3.8, 4) is 0 Å². The lowest BCUT2D eigenvalue weighted by molar-refractivity contribution is -0.124. The maximum Gasteiger partial charge on any atom is 0.246 e. The summed E-state index contributed by atoms with van der Waals surface area (Å²) in [4.78, 5) is 11.9. The summed E-state index contributed by atoms with van der Waals surface area (Å²) in [6.45, 7) is 1.32. The molecule has 1 fully saturated rings. The van der Waals surface area contributed by atoms with Crippen LogP contribution in [-0.4, -0.2) is 31.6 Å². The van der Waals surface area contributed by atoms with Crippen LogP contribution >= 0.6 is 0 Å². The molecule has 4 nitrogen and oxygen atoms in total. The second kappa shape index (κ2) is 4.71. The summed E-state index contributed by atoms with van der Waals surface area (Å²) >= 11 is 0. The number of carbonyl (C=O) groups is 1. The zero-order chi connectivity index (χ0) is 12.3. The topological polar surface area (TPSA) is 53.2 Å². The minimum absolute atomic E-state index is 0.0771. The third-order valence-corrected chi connectivity index (χ3v) is 3.03. The van der Waals surface area contributed by atoms with Gasteiger partial charge in [-0.15, -0.1) is 0 Å². The van der Waals surface area contributed by atoms with Crippen LogP contribution in [0.15, 0.2) is 24.3 Å². The number of amides is 1. The van der Waals surface area contributed by atoms with Gasteiger partial charge in [-0.05, 0) is 31.2 Å². The Kier molecular flexibility index (Phi) is 3.28. The molecule has 0 bridgehead atoms. The quantitative estimate of drug-likeness (QED) is 0.726. The molecule has 92 valence electrons. The zero-order valence-electron chi connectivity index (χ0n) is 9.72. The maximum absolute atomic E-state index is 13.1. The maximum atomic E-state index is 13.1. The van der Waals surface area contributed by atoms with Gasteiger partial charge in [-0.1, -0.05) is 6.07 Å². The van der Waals surface area contributed by atoms with Crippen molar-refractivity contribution in [2.24, 2.45) is 0 Å². The summed E-state index contributed by atoms with van der Waals surface area (Å²) in [5, 5.41) is 8.92. The first kappa shape index (κ1) is 11.9. The second-order valence-corrected chi connectivity index (χ2v) is 4.22. The van der Waals surface area contributed by atoms with Crippen LogP contribution in [0.2, 0.25) is 0 Å². The van der Waals surface area contributed by atoms with Crippen molar-refractivity contribution in [2.45, 2.75) is 12.0 Å². The fraction of sp³-hybridized carbons (Fsp3) is 0.417. The lowest BCUT2D eigenvalue weighted by atomic mass is 9.97. The van der Waals surface area contributed by atoms with Gasteiger partial charge < -0.3 is 16.0 Å². The van der Waals surface area contributed by atoms with Gasteiger partial charge in [-0.2, -0.15) is 0 Å². The van der Waals surface area contributed by atoms with E-state index in [-0.39, 0.29) is 11.7 Å². The number of rotatable bonds is 3. The summed E-state index contributed by atoms with van der Waals surface area (Å²) in [5.74, 6) is -0.389. The van der Waals surface area contributed by atoms with E-state index >= 15 is 0 Å². The molecule has 1 heterocycles. The molecule has 0 saturated carbocycles. The van der Waals surface area contributed by atoms with Gasteiger partial charge in [0.25, 0.3) is 0 Å². The Morgan fingerprint density at radius 1 is 1.53 bits per heavy atom. The van der Waals surface area contributed by atoms with E-state index in [1.807, 2.05) is 0 Å². The van der Waals surface area contributed by atoms with Gasteiger partial charge in [0.2, 0.25) is 5.91 Å². The van der Waals surface area contributed by atoms with Crippen molar-refractivity contribution in [3.05, 3.63) is 30.1 Å². The Balaban J connectivity index is 2.21. The minimum atomic E-state index is -0.678. The molecule has 1 aliphatic rings. The number of likely N-dealkylation sites (N-methyl/N-ethyl adjacent to an activating group) is 1. The predicted molar refractivity (Wildman–Crippen MR) is 64.3 cm³/mol. The van der Waals surface area contributed by atoms with E-state index in [4.69, 9.17) is 0 Å². The normalized spacial score (nSPS) is 23.4. The van der Waals surface area contributed by atoms with Crippen LogP contribution in [0.5, 0.6) is 0 Å². The lowest BCUT2D eigenvalue weighted by Crippen LogP contribution is -2.53. The Bertz CT molecular complexity index is 416. The average molecular weight is 237 g/mol. The van der Waals surface area contributed by atoms with Gasteiger partial charge in [0.05, 0.1) is 0 Å². The molecule has 1 saturated heterocycles. The smallest absolute Gasteiger partial charge is 0.246 e. The van der Waals surface area contributed by atoms with E-state index in [0.717, 1.165) is 6.54 Å². The molecule has 1 aliphatic heterocycles. The number of hydrogen-bond acceptors (Lipinski definition) is 3. The van der Waals surface area contributed by atoms with Crippen molar-refractivity contribution >= 4 is 11.6 Å². The molecule has 3 N–H and O–H groups in total. The number of nitrogens with one attached hydrogen (secondary N) is 3. The molecule has 2 rings (SSSR count). The van der Waals surface area contributed by atoms with E-state index in [1.165, 1.54) is 12.1 Å². The molecule has 1 atom stereocenters. The SMILES string of the molecule is CNC(=O)C1(Nc2cccc(F)c2)CCNC1. The largest absolute Gasteiger partial charge is 0.370 e. The second-order valence-electron chi connectivity index (χ2n) is 4.22. The summed E-state index contributed by atoms with van der Waals surface area (Å²) in [7, 11) is 1.61. The van der Waals surface area contributed by atoms with Crippen LogP contribution in [0.25, 0.3) is 0 Å². The van der Waals surface area contributed by atoms with E-state index in [9.17, 15) is 9.18 Å². The van der Waals surface area contributed by atoms with Gasteiger partial charge >= 0.3 is 0 Å². The number of hydrogen-bond donors (Lipinski definition) is 3. The Hall–Kier alpha value is -1.62. The van der Waals surface area contributed by atoms with Crippen molar-refractivity contribution in [1.82, 2.24) is 10.6 Å². The van der Waals surface area contributed by atoms with E-state index in [1.54, 1.807) is 19.2 Å². The number of benzene rings is 1. The lowest BCUT2D eigenvalue weighted by Gasteiger charge is -2.28. The third kappa shape index (κ3) is 2.39. The Labute approximate surface area is 99.6 Å². The highest BCUT2D eigenvalue weighted by Gasteiger charge is 2.40. The van der Waals surface area contributed by atoms with Gasteiger partial charge in [0.15, 0.2) is 0 Å². The fourth-order valence-electron chi connectivity index (χ4n) is 2.13. The molecule has 17 heavy (non-hydrogen) atoms. The predicted octanol–water partition coefficient (Wildman–Crippen LogP) is 0.716. The van der Waals surface area contributed by atoms with Crippen molar-refractivity contribution < 1.29 is 9.18 Å². The van der Waals surface area contributed by atoms with Gasteiger partial charge in [-0.3, -0.25) is 4.79 Å². The van der Waals surface area contributed by atoms with Gasteiger partial charge in [0.1, 0.15) is 11.4 Å². The summed E-state index contributed by atoms with van der Waals surface area (Å²) in [6, 6.07) is 6.15. The van der Waals surface area contributed by atoms with Crippen LogP contribution in [0, 0.1) is 5.82 Å². The third-order valence-electron chi connectivity index (χ3n) is 3.03.